The summed E-state index contributed by atoms with van der Waals surface area (Å²) in [6.45, 7) is 1.97. The smallest absolute Gasteiger partial charge is 0.354 e. The lowest BCUT2D eigenvalue weighted by Crippen LogP contribution is -2.10. The van der Waals surface area contributed by atoms with E-state index in [-0.39, 0.29) is 5.69 Å². The van der Waals surface area contributed by atoms with Crippen molar-refractivity contribution in [2.45, 2.75) is 12.1 Å². The minimum absolute atomic E-state index is 0.0427. The van der Waals surface area contributed by atoms with Crippen LogP contribution >= 0.6 is 11.8 Å². The average Bonchev–Trinajstić information content (AvgIpc) is 2.60. The number of anilines is 3. The first-order chi connectivity index (χ1) is 12.4. The van der Waals surface area contributed by atoms with Gasteiger partial charge in [-0.2, -0.15) is 0 Å². The highest BCUT2D eigenvalue weighted by Crippen LogP contribution is 2.29. The number of carbonyl (C=O) groups is 1. The van der Waals surface area contributed by atoms with Gasteiger partial charge in [0.25, 0.3) is 0 Å². The largest absolute Gasteiger partial charge is 0.477 e. The van der Waals surface area contributed by atoms with Gasteiger partial charge < -0.3 is 15.3 Å². The topological polar surface area (TPSA) is 91.2 Å². The summed E-state index contributed by atoms with van der Waals surface area (Å²) >= 11 is 1.29. The molecule has 0 amide bonds. The summed E-state index contributed by atoms with van der Waals surface area (Å²) in [5, 5.41) is 13.8. The van der Waals surface area contributed by atoms with Gasteiger partial charge in [0.15, 0.2) is 10.9 Å². The molecule has 0 spiro atoms. The fourth-order valence-electron chi connectivity index (χ4n) is 2.62. The third-order valence-corrected chi connectivity index (χ3v) is 4.32. The van der Waals surface area contributed by atoms with E-state index in [1.807, 2.05) is 50.2 Å². The van der Waals surface area contributed by atoms with Gasteiger partial charge in [0.05, 0.1) is 5.52 Å². The van der Waals surface area contributed by atoms with E-state index in [1.54, 1.807) is 6.26 Å². The molecule has 3 rings (SSSR count). The molecule has 0 radical (unpaired) electrons. The van der Waals surface area contributed by atoms with Gasteiger partial charge in [-0.3, -0.25) is 4.98 Å². The molecule has 0 aliphatic heterocycles. The maximum Gasteiger partial charge on any atom is 0.354 e. The fraction of sp³-hybridized carbons (Fsp3) is 0.222. The van der Waals surface area contributed by atoms with E-state index in [0.717, 1.165) is 28.0 Å². The van der Waals surface area contributed by atoms with Crippen molar-refractivity contribution in [1.29, 1.82) is 0 Å². The van der Waals surface area contributed by atoms with Crippen molar-refractivity contribution in [3.63, 3.8) is 0 Å². The highest BCUT2D eigenvalue weighted by molar-refractivity contribution is 7.98. The van der Waals surface area contributed by atoms with Gasteiger partial charge >= 0.3 is 5.97 Å². The highest BCUT2D eigenvalue weighted by Gasteiger charge is 2.11. The van der Waals surface area contributed by atoms with Crippen molar-refractivity contribution >= 4 is 45.8 Å². The Balaban J connectivity index is 2.04. The third-order valence-electron chi connectivity index (χ3n) is 3.78. The van der Waals surface area contributed by atoms with E-state index in [2.05, 4.69) is 20.3 Å². The predicted octanol–water partition coefficient (Wildman–Crippen LogP) is 3.56. The van der Waals surface area contributed by atoms with Crippen LogP contribution in [0, 0.1) is 6.92 Å². The zero-order chi connectivity index (χ0) is 18.8. The monoisotopic (exact) mass is 369 g/mol. The van der Waals surface area contributed by atoms with E-state index in [0.29, 0.717) is 11.0 Å². The summed E-state index contributed by atoms with van der Waals surface area (Å²) in [5.41, 5.74) is 3.67. The number of pyridine rings is 1. The molecule has 0 bridgehead atoms. The van der Waals surface area contributed by atoms with Crippen LogP contribution in [0.5, 0.6) is 0 Å². The average molecular weight is 369 g/mol. The summed E-state index contributed by atoms with van der Waals surface area (Å²) in [7, 11) is 3.98. The molecule has 2 N–H and O–H groups in total. The molecule has 0 aliphatic rings. The molecule has 2 aromatic heterocycles. The Morgan fingerprint density at radius 1 is 1.15 bits per heavy atom. The number of nitrogens with zero attached hydrogens (tertiary/aromatic N) is 4. The Labute approximate surface area is 155 Å². The standard InChI is InChI=1S/C18H19N5O2S/c1-10-7-15(23(2)3)12-8-11(5-6-13(12)19-10)20-16-9-14(17(24)25)21-18(22-16)26-4/h5-9H,1-4H3,(H,24,25)(H,20,21,22). The zero-order valence-corrected chi connectivity index (χ0v) is 15.8. The number of aromatic carboxylic acids is 1. The molecule has 8 heteroatoms. The molecule has 7 nitrogen and oxygen atoms in total. The first kappa shape index (κ1) is 17.9. The summed E-state index contributed by atoms with van der Waals surface area (Å²) in [6.07, 6.45) is 1.80. The third kappa shape index (κ3) is 3.70. The highest BCUT2D eigenvalue weighted by atomic mass is 32.2. The SMILES string of the molecule is CSc1nc(Nc2ccc3nc(C)cc(N(C)C)c3c2)cc(C(=O)O)n1. The summed E-state index contributed by atoms with van der Waals surface area (Å²) in [6, 6.07) is 9.28. The number of carboxylic acids is 1. The van der Waals surface area contributed by atoms with Crippen LogP contribution in [0.25, 0.3) is 10.9 Å². The predicted molar refractivity (Wildman–Crippen MR) is 105 cm³/mol. The van der Waals surface area contributed by atoms with Crippen LogP contribution in [-0.2, 0) is 0 Å². The van der Waals surface area contributed by atoms with Crippen molar-refractivity contribution < 1.29 is 9.90 Å². The number of aryl methyl sites for hydroxylation is 1. The maximum absolute atomic E-state index is 11.3. The fourth-order valence-corrected chi connectivity index (χ4v) is 3.00. The Kier molecular flexibility index (Phi) is 4.94. The Hall–Kier alpha value is -2.87. The van der Waals surface area contributed by atoms with Crippen LogP contribution in [-0.4, -0.2) is 46.4 Å². The normalized spacial score (nSPS) is 10.8. The minimum atomic E-state index is -1.08. The molecule has 26 heavy (non-hydrogen) atoms. The van der Waals surface area contributed by atoms with E-state index < -0.39 is 5.97 Å². The van der Waals surface area contributed by atoms with Gasteiger partial charge in [-0.15, -0.1) is 0 Å². The van der Waals surface area contributed by atoms with Gasteiger partial charge in [0, 0.05) is 42.6 Å². The van der Waals surface area contributed by atoms with Crippen LogP contribution in [0.3, 0.4) is 0 Å². The van der Waals surface area contributed by atoms with E-state index in [4.69, 9.17) is 0 Å². The molecule has 0 fully saturated rings. The number of hydrogen-bond acceptors (Lipinski definition) is 7. The van der Waals surface area contributed by atoms with Gasteiger partial charge in [-0.1, -0.05) is 11.8 Å². The zero-order valence-electron chi connectivity index (χ0n) is 14.9. The first-order valence-corrected chi connectivity index (χ1v) is 9.12. The van der Waals surface area contributed by atoms with Crippen LogP contribution in [0.2, 0.25) is 0 Å². The lowest BCUT2D eigenvalue weighted by atomic mass is 10.1. The van der Waals surface area contributed by atoms with Crippen molar-refractivity contribution in [2.24, 2.45) is 0 Å². The van der Waals surface area contributed by atoms with Crippen molar-refractivity contribution in [3.05, 3.63) is 41.7 Å². The Bertz CT molecular complexity index is 991. The number of aromatic nitrogens is 3. The van der Waals surface area contributed by atoms with Crippen molar-refractivity contribution in [3.8, 4) is 0 Å². The number of carboxylic acid groups (broad SMARTS) is 1. The second-order valence-electron chi connectivity index (χ2n) is 5.96. The number of nitrogens with one attached hydrogen (secondary N) is 1. The van der Waals surface area contributed by atoms with Crippen LogP contribution < -0.4 is 10.2 Å². The second kappa shape index (κ2) is 7.17. The lowest BCUT2D eigenvalue weighted by Gasteiger charge is -2.17. The quantitative estimate of drug-likeness (QED) is 0.521. The molecule has 0 unspecified atom stereocenters. The summed E-state index contributed by atoms with van der Waals surface area (Å²) in [5.74, 6) is -0.647. The molecule has 0 aliphatic carbocycles. The molecule has 0 saturated heterocycles. The van der Waals surface area contributed by atoms with Crippen molar-refractivity contribution in [1.82, 2.24) is 15.0 Å². The molecule has 3 aromatic rings. The summed E-state index contributed by atoms with van der Waals surface area (Å²) in [4.78, 5) is 26.2. The van der Waals surface area contributed by atoms with Crippen LogP contribution in [0.1, 0.15) is 16.2 Å². The Morgan fingerprint density at radius 3 is 2.58 bits per heavy atom. The first-order valence-electron chi connectivity index (χ1n) is 7.89. The number of fused-ring (bicyclic) bond motifs is 1. The lowest BCUT2D eigenvalue weighted by molar-refractivity contribution is 0.0689. The number of hydrogen-bond donors (Lipinski definition) is 2. The Morgan fingerprint density at radius 2 is 1.92 bits per heavy atom. The number of thioether (sulfide) groups is 1. The molecule has 0 saturated carbocycles. The molecule has 1 aromatic carbocycles. The molecule has 134 valence electrons. The van der Waals surface area contributed by atoms with E-state index in [9.17, 15) is 9.90 Å². The second-order valence-corrected chi connectivity index (χ2v) is 6.74. The van der Waals surface area contributed by atoms with Crippen LogP contribution in [0.4, 0.5) is 17.2 Å². The van der Waals surface area contributed by atoms with Crippen molar-refractivity contribution in [2.75, 3.05) is 30.6 Å². The van der Waals surface area contributed by atoms with Gasteiger partial charge in [0.2, 0.25) is 0 Å². The number of rotatable bonds is 5. The molecular weight excluding hydrogens is 350 g/mol. The molecule has 0 atom stereocenters. The molecular formula is C18H19N5O2S. The number of benzene rings is 1. The summed E-state index contributed by atoms with van der Waals surface area (Å²) < 4.78 is 0. The van der Waals surface area contributed by atoms with E-state index in [1.165, 1.54) is 17.8 Å². The van der Waals surface area contributed by atoms with Crippen LogP contribution in [0.15, 0.2) is 35.5 Å². The maximum atomic E-state index is 11.3. The van der Waals surface area contributed by atoms with Gasteiger partial charge in [0.1, 0.15) is 5.82 Å². The van der Waals surface area contributed by atoms with E-state index >= 15 is 0 Å². The molecule has 2 heterocycles. The van der Waals surface area contributed by atoms with Gasteiger partial charge in [-0.25, -0.2) is 14.8 Å². The minimum Gasteiger partial charge on any atom is -0.477 e. The van der Waals surface area contributed by atoms with Gasteiger partial charge in [-0.05, 0) is 37.4 Å².